The Balaban J connectivity index is 2.07. The lowest BCUT2D eigenvalue weighted by Crippen LogP contribution is -2.36. The summed E-state index contributed by atoms with van der Waals surface area (Å²) < 4.78 is 10.6. The van der Waals surface area contributed by atoms with Crippen LogP contribution in [0.5, 0.6) is 0 Å². The van der Waals surface area contributed by atoms with Crippen molar-refractivity contribution in [3.05, 3.63) is 28.3 Å². The monoisotopic (exact) mass is 251 g/mol. The number of hydrogen-bond acceptors (Lipinski definition) is 4. The topological polar surface area (TPSA) is 42.7 Å². The molecule has 18 heavy (non-hydrogen) atoms. The summed E-state index contributed by atoms with van der Waals surface area (Å²) in [5.41, 5.74) is 0.728. The second-order valence-corrected chi connectivity index (χ2v) is 4.66. The largest absolute Gasteiger partial charge is 0.428 e. The summed E-state index contributed by atoms with van der Waals surface area (Å²) in [6, 6.07) is 3.58. The average Bonchev–Trinajstić information content (AvgIpc) is 2.39. The molecule has 0 aromatic carbocycles. The zero-order chi connectivity index (χ0) is 12.8. The fourth-order valence-electron chi connectivity index (χ4n) is 2.19. The van der Waals surface area contributed by atoms with Crippen molar-refractivity contribution in [1.82, 2.24) is 0 Å². The molecular formula is C14H21NO3. The molecule has 1 aliphatic heterocycles. The van der Waals surface area contributed by atoms with Crippen molar-refractivity contribution in [2.45, 2.75) is 32.6 Å². The third-order valence-electron chi connectivity index (χ3n) is 3.21. The number of hydrogen-bond donors (Lipinski definition) is 0. The first kappa shape index (κ1) is 13.1. The molecular weight excluding hydrogens is 230 g/mol. The maximum Gasteiger partial charge on any atom is 0.337 e. The van der Waals surface area contributed by atoms with Crippen LogP contribution in [0.25, 0.3) is 0 Å². The van der Waals surface area contributed by atoms with Crippen molar-refractivity contribution in [2.75, 3.05) is 31.2 Å². The summed E-state index contributed by atoms with van der Waals surface area (Å²) in [6.07, 6.45) is 4.27. The van der Waals surface area contributed by atoms with Crippen molar-refractivity contribution < 1.29 is 9.15 Å². The predicted molar refractivity (Wildman–Crippen MR) is 71.2 cm³/mol. The van der Waals surface area contributed by atoms with Crippen LogP contribution in [0.1, 0.15) is 31.9 Å². The van der Waals surface area contributed by atoms with Crippen LogP contribution < -0.4 is 10.5 Å². The Kier molecular flexibility index (Phi) is 4.81. The van der Waals surface area contributed by atoms with Crippen LogP contribution in [-0.4, -0.2) is 26.3 Å². The highest BCUT2D eigenvalue weighted by Crippen LogP contribution is 2.16. The smallest absolute Gasteiger partial charge is 0.337 e. The molecule has 0 aliphatic carbocycles. The highest BCUT2D eigenvalue weighted by molar-refractivity contribution is 5.46. The third kappa shape index (κ3) is 3.60. The summed E-state index contributed by atoms with van der Waals surface area (Å²) in [6.45, 7) is 5.31. The summed E-state index contributed by atoms with van der Waals surface area (Å²) in [5, 5.41) is 0. The highest BCUT2D eigenvalue weighted by Gasteiger charge is 2.13. The van der Waals surface area contributed by atoms with Gasteiger partial charge in [-0.2, -0.15) is 0 Å². The van der Waals surface area contributed by atoms with Crippen molar-refractivity contribution in [3.63, 3.8) is 0 Å². The predicted octanol–water partition coefficient (Wildman–Crippen LogP) is 2.21. The van der Waals surface area contributed by atoms with E-state index >= 15 is 0 Å². The van der Waals surface area contributed by atoms with Crippen LogP contribution in [-0.2, 0) is 11.2 Å². The van der Waals surface area contributed by atoms with Gasteiger partial charge in [-0.3, -0.25) is 0 Å². The van der Waals surface area contributed by atoms with Gasteiger partial charge in [-0.1, -0.05) is 19.8 Å². The first-order valence-electron chi connectivity index (χ1n) is 6.76. The summed E-state index contributed by atoms with van der Waals surface area (Å²) in [5.74, 6) is 0.803. The van der Waals surface area contributed by atoms with E-state index in [9.17, 15) is 4.79 Å². The Morgan fingerprint density at radius 2 is 2.00 bits per heavy atom. The lowest BCUT2D eigenvalue weighted by molar-refractivity contribution is 0.122. The van der Waals surface area contributed by atoms with Crippen LogP contribution in [0.3, 0.4) is 0 Å². The minimum Gasteiger partial charge on any atom is -0.428 e. The van der Waals surface area contributed by atoms with E-state index < -0.39 is 0 Å². The minimum absolute atomic E-state index is 0.245. The molecule has 0 unspecified atom stereocenters. The maximum absolute atomic E-state index is 11.6. The van der Waals surface area contributed by atoms with Crippen LogP contribution in [0.15, 0.2) is 21.3 Å². The van der Waals surface area contributed by atoms with Gasteiger partial charge in [0.15, 0.2) is 0 Å². The van der Waals surface area contributed by atoms with Gasteiger partial charge in [0, 0.05) is 37.3 Å². The Labute approximate surface area is 108 Å². The minimum atomic E-state index is -0.245. The van der Waals surface area contributed by atoms with E-state index in [4.69, 9.17) is 9.15 Å². The van der Waals surface area contributed by atoms with E-state index in [1.165, 1.54) is 12.8 Å². The van der Waals surface area contributed by atoms with Crippen molar-refractivity contribution in [2.24, 2.45) is 0 Å². The Morgan fingerprint density at radius 3 is 2.72 bits per heavy atom. The van der Waals surface area contributed by atoms with Gasteiger partial charge in [0.25, 0.3) is 0 Å². The van der Waals surface area contributed by atoms with Gasteiger partial charge >= 0.3 is 5.63 Å². The van der Waals surface area contributed by atoms with E-state index in [1.54, 1.807) is 6.07 Å². The lowest BCUT2D eigenvalue weighted by atomic mass is 10.1. The van der Waals surface area contributed by atoms with Crippen molar-refractivity contribution in [3.8, 4) is 0 Å². The van der Waals surface area contributed by atoms with Gasteiger partial charge in [0.2, 0.25) is 0 Å². The molecule has 0 N–H and O–H groups in total. The molecule has 1 aromatic rings. The van der Waals surface area contributed by atoms with Crippen LogP contribution >= 0.6 is 0 Å². The van der Waals surface area contributed by atoms with Crippen LogP contribution in [0.2, 0.25) is 0 Å². The summed E-state index contributed by atoms with van der Waals surface area (Å²) >= 11 is 0. The number of unbranched alkanes of at least 4 members (excludes halogenated alkanes) is 2. The van der Waals surface area contributed by atoms with Gasteiger partial charge < -0.3 is 14.1 Å². The lowest BCUT2D eigenvalue weighted by Gasteiger charge is -2.28. The van der Waals surface area contributed by atoms with Gasteiger partial charge in [0.05, 0.1) is 13.2 Å². The molecule has 2 heterocycles. The zero-order valence-corrected chi connectivity index (χ0v) is 11.0. The first-order chi connectivity index (χ1) is 8.79. The standard InChI is InChI=1S/C14H21NO3/c1-2-3-4-5-13-10-12(11-14(16)18-13)15-6-8-17-9-7-15/h10-11H,2-9H2,1H3. The van der Waals surface area contributed by atoms with Gasteiger partial charge in [-0.05, 0) is 6.42 Å². The Morgan fingerprint density at radius 1 is 1.22 bits per heavy atom. The molecule has 0 atom stereocenters. The molecule has 1 saturated heterocycles. The van der Waals surface area contributed by atoms with E-state index in [0.717, 1.165) is 50.6 Å². The van der Waals surface area contributed by atoms with E-state index in [2.05, 4.69) is 11.8 Å². The van der Waals surface area contributed by atoms with Crippen LogP contribution in [0, 0.1) is 0 Å². The molecule has 0 bridgehead atoms. The average molecular weight is 251 g/mol. The van der Waals surface area contributed by atoms with Gasteiger partial charge in [-0.15, -0.1) is 0 Å². The van der Waals surface area contributed by atoms with Crippen molar-refractivity contribution >= 4 is 5.69 Å². The Hall–Kier alpha value is -1.29. The molecule has 2 rings (SSSR count). The Bertz CT molecular complexity index is 421. The molecule has 0 saturated carbocycles. The van der Waals surface area contributed by atoms with Gasteiger partial charge in [0.1, 0.15) is 5.76 Å². The highest BCUT2D eigenvalue weighted by atomic mass is 16.5. The second kappa shape index (κ2) is 6.59. The molecule has 0 amide bonds. The number of ether oxygens (including phenoxy) is 1. The van der Waals surface area contributed by atoms with Crippen LogP contribution in [0.4, 0.5) is 5.69 Å². The SMILES string of the molecule is CCCCCc1cc(N2CCOCC2)cc(=O)o1. The van der Waals surface area contributed by atoms with E-state index in [-0.39, 0.29) is 5.63 Å². The maximum atomic E-state index is 11.6. The molecule has 0 radical (unpaired) electrons. The summed E-state index contributed by atoms with van der Waals surface area (Å²) in [4.78, 5) is 13.7. The molecule has 1 aliphatic rings. The summed E-state index contributed by atoms with van der Waals surface area (Å²) in [7, 11) is 0. The molecule has 1 aromatic heterocycles. The van der Waals surface area contributed by atoms with Crippen molar-refractivity contribution in [1.29, 1.82) is 0 Å². The normalized spacial score (nSPS) is 15.9. The molecule has 4 nitrogen and oxygen atoms in total. The third-order valence-corrected chi connectivity index (χ3v) is 3.21. The first-order valence-corrected chi connectivity index (χ1v) is 6.76. The van der Waals surface area contributed by atoms with Gasteiger partial charge in [-0.25, -0.2) is 4.79 Å². The van der Waals surface area contributed by atoms with E-state index in [0.29, 0.717) is 0 Å². The number of anilines is 1. The number of rotatable bonds is 5. The zero-order valence-electron chi connectivity index (χ0n) is 11.0. The molecule has 100 valence electrons. The number of morpholine rings is 1. The fraction of sp³-hybridized carbons (Fsp3) is 0.643. The second-order valence-electron chi connectivity index (χ2n) is 4.66. The molecule has 4 heteroatoms. The number of aryl methyl sites for hydroxylation is 1. The molecule has 0 spiro atoms. The molecule has 1 fully saturated rings. The number of nitrogens with zero attached hydrogens (tertiary/aromatic N) is 1. The quantitative estimate of drug-likeness (QED) is 0.752. The fourth-order valence-corrected chi connectivity index (χ4v) is 2.19. The van der Waals surface area contributed by atoms with E-state index in [1.807, 2.05) is 6.07 Å².